The fourth-order valence-electron chi connectivity index (χ4n) is 2.25. The van der Waals surface area contributed by atoms with Crippen LogP contribution in [0.3, 0.4) is 0 Å². The van der Waals surface area contributed by atoms with E-state index in [9.17, 15) is 22.8 Å². The molecule has 5 nitrogen and oxygen atoms in total. The summed E-state index contributed by atoms with van der Waals surface area (Å²) in [6.07, 6.45) is 0.501. The Kier molecular flexibility index (Phi) is 3.78. The first-order valence-electron chi connectivity index (χ1n) is 6.18. The molecule has 0 aliphatic heterocycles. The molecule has 1 aliphatic carbocycles. The maximum Gasteiger partial charge on any atom is 0.433 e. The summed E-state index contributed by atoms with van der Waals surface area (Å²) in [6, 6.07) is 1.88. The van der Waals surface area contributed by atoms with Gasteiger partial charge in [-0.2, -0.15) is 13.2 Å². The van der Waals surface area contributed by atoms with Crippen LogP contribution in [0.15, 0.2) is 42.1 Å². The molecule has 2 rings (SSSR count). The number of alkyl halides is 3. The van der Waals surface area contributed by atoms with Gasteiger partial charge in [0.25, 0.3) is 0 Å². The standard InChI is InChI=1S/C14H12F3N3O2/c15-14(16,17)10-4-3-9(7-20-10)13(12(19)22)5-1-2-8(6-13)11(18)21/h1-5,7H,6H2,(H2,18,21)(H2,19,22). The fourth-order valence-corrected chi connectivity index (χ4v) is 2.25. The molecule has 0 fully saturated rings. The van der Waals surface area contributed by atoms with Crippen LogP contribution < -0.4 is 11.5 Å². The predicted octanol–water partition coefficient (Wildman–Crippen LogP) is 1.20. The van der Waals surface area contributed by atoms with Crippen LogP contribution >= 0.6 is 0 Å². The minimum Gasteiger partial charge on any atom is -0.369 e. The molecule has 8 heteroatoms. The van der Waals surface area contributed by atoms with E-state index in [2.05, 4.69) is 4.98 Å². The molecule has 0 radical (unpaired) electrons. The van der Waals surface area contributed by atoms with E-state index in [0.29, 0.717) is 0 Å². The molecule has 1 unspecified atom stereocenters. The van der Waals surface area contributed by atoms with Gasteiger partial charge in [-0.05, 0) is 18.1 Å². The Balaban J connectivity index is 2.46. The molecular weight excluding hydrogens is 299 g/mol. The Hall–Kier alpha value is -2.64. The third kappa shape index (κ3) is 2.72. The molecule has 1 aromatic heterocycles. The lowest BCUT2D eigenvalue weighted by atomic mass is 9.72. The number of primary amides is 2. The van der Waals surface area contributed by atoms with E-state index in [1.807, 2.05) is 0 Å². The minimum atomic E-state index is -4.58. The Morgan fingerprint density at radius 2 is 1.91 bits per heavy atom. The quantitative estimate of drug-likeness (QED) is 0.877. The van der Waals surface area contributed by atoms with Crippen molar-refractivity contribution in [3.05, 3.63) is 53.4 Å². The number of nitrogens with zero attached hydrogens (tertiary/aromatic N) is 1. The normalized spacial score (nSPS) is 21.3. The number of hydrogen-bond donors (Lipinski definition) is 2. The van der Waals surface area contributed by atoms with Gasteiger partial charge < -0.3 is 11.5 Å². The summed E-state index contributed by atoms with van der Waals surface area (Å²) in [5.74, 6) is -1.54. The van der Waals surface area contributed by atoms with E-state index in [1.54, 1.807) is 0 Å². The molecule has 1 aliphatic rings. The second kappa shape index (κ2) is 5.28. The maximum absolute atomic E-state index is 12.5. The lowest BCUT2D eigenvalue weighted by molar-refractivity contribution is -0.141. The number of amides is 2. The summed E-state index contributed by atoms with van der Waals surface area (Å²) in [6.45, 7) is 0. The molecule has 0 spiro atoms. The molecule has 1 atom stereocenters. The fraction of sp³-hybridized carbons (Fsp3) is 0.214. The molecule has 0 saturated carbocycles. The van der Waals surface area contributed by atoms with Gasteiger partial charge in [-0.15, -0.1) is 0 Å². The van der Waals surface area contributed by atoms with Crippen molar-refractivity contribution in [3.63, 3.8) is 0 Å². The van der Waals surface area contributed by atoms with Crippen LogP contribution in [-0.4, -0.2) is 16.8 Å². The van der Waals surface area contributed by atoms with E-state index in [-0.39, 0.29) is 17.6 Å². The molecule has 1 heterocycles. The van der Waals surface area contributed by atoms with Gasteiger partial charge in [-0.3, -0.25) is 14.6 Å². The maximum atomic E-state index is 12.5. The number of hydrogen-bond acceptors (Lipinski definition) is 3. The van der Waals surface area contributed by atoms with Crippen molar-refractivity contribution < 1.29 is 22.8 Å². The summed E-state index contributed by atoms with van der Waals surface area (Å²) in [5, 5.41) is 0. The van der Waals surface area contributed by atoms with Crippen LogP contribution in [-0.2, 0) is 21.2 Å². The van der Waals surface area contributed by atoms with Crippen molar-refractivity contribution in [2.75, 3.05) is 0 Å². The third-order valence-electron chi connectivity index (χ3n) is 3.47. The van der Waals surface area contributed by atoms with Crippen molar-refractivity contribution in [1.29, 1.82) is 0 Å². The first kappa shape index (κ1) is 15.7. The van der Waals surface area contributed by atoms with Crippen LogP contribution in [0.5, 0.6) is 0 Å². The monoisotopic (exact) mass is 311 g/mol. The largest absolute Gasteiger partial charge is 0.433 e. The molecule has 0 bridgehead atoms. The lowest BCUT2D eigenvalue weighted by Crippen LogP contribution is -2.42. The van der Waals surface area contributed by atoms with Gasteiger partial charge in [0, 0.05) is 11.8 Å². The highest BCUT2D eigenvalue weighted by Gasteiger charge is 2.40. The number of allylic oxidation sites excluding steroid dienone is 2. The highest BCUT2D eigenvalue weighted by Crippen LogP contribution is 2.36. The number of carbonyl (C=O) groups is 2. The molecule has 0 aromatic carbocycles. The number of pyridine rings is 1. The molecule has 4 N–H and O–H groups in total. The zero-order valence-electron chi connectivity index (χ0n) is 11.2. The number of nitrogens with two attached hydrogens (primary N) is 2. The Labute approximate surface area is 123 Å². The highest BCUT2D eigenvalue weighted by atomic mass is 19.4. The number of halogens is 3. The van der Waals surface area contributed by atoms with Crippen molar-refractivity contribution in [3.8, 4) is 0 Å². The topological polar surface area (TPSA) is 99.1 Å². The van der Waals surface area contributed by atoms with Crippen LogP contribution in [0.25, 0.3) is 0 Å². The molecule has 2 amide bonds. The van der Waals surface area contributed by atoms with Gasteiger partial charge in [-0.1, -0.05) is 24.3 Å². The van der Waals surface area contributed by atoms with Gasteiger partial charge in [0.15, 0.2) is 0 Å². The average Bonchev–Trinajstić information content (AvgIpc) is 2.46. The van der Waals surface area contributed by atoms with Gasteiger partial charge >= 0.3 is 6.18 Å². The Bertz CT molecular complexity index is 678. The predicted molar refractivity (Wildman–Crippen MR) is 71.1 cm³/mol. The second-order valence-electron chi connectivity index (χ2n) is 4.86. The number of rotatable bonds is 3. The molecule has 116 valence electrons. The second-order valence-corrected chi connectivity index (χ2v) is 4.86. The minimum absolute atomic E-state index is 0.124. The summed E-state index contributed by atoms with van der Waals surface area (Å²) in [7, 11) is 0. The zero-order chi connectivity index (χ0) is 16.5. The average molecular weight is 311 g/mol. The summed E-state index contributed by atoms with van der Waals surface area (Å²) in [5.41, 5.74) is 8.38. The lowest BCUT2D eigenvalue weighted by Gasteiger charge is -2.30. The SMILES string of the molecule is NC(=O)C1=CC=CC(C(N)=O)(c2ccc(C(F)(F)F)nc2)C1. The van der Waals surface area contributed by atoms with Gasteiger partial charge in [0.2, 0.25) is 11.8 Å². The van der Waals surface area contributed by atoms with Crippen LogP contribution in [0, 0.1) is 0 Å². The third-order valence-corrected chi connectivity index (χ3v) is 3.47. The van der Waals surface area contributed by atoms with Crippen molar-refractivity contribution in [1.82, 2.24) is 4.98 Å². The smallest absolute Gasteiger partial charge is 0.369 e. The first-order valence-corrected chi connectivity index (χ1v) is 6.18. The van der Waals surface area contributed by atoms with E-state index >= 15 is 0 Å². The van der Waals surface area contributed by atoms with Gasteiger partial charge in [0.1, 0.15) is 5.69 Å². The molecule has 22 heavy (non-hydrogen) atoms. The van der Waals surface area contributed by atoms with Crippen LogP contribution in [0.2, 0.25) is 0 Å². The molecule has 0 saturated heterocycles. The highest BCUT2D eigenvalue weighted by molar-refractivity contribution is 5.97. The summed E-state index contributed by atoms with van der Waals surface area (Å²) < 4.78 is 37.6. The molecular formula is C14H12F3N3O2. The van der Waals surface area contributed by atoms with Crippen molar-refractivity contribution >= 4 is 11.8 Å². The van der Waals surface area contributed by atoms with Crippen molar-refractivity contribution in [2.45, 2.75) is 18.0 Å². The zero-order valence-corrected chi connectivity index (χ0v) is 11.2. The van der Waals surface area contributed by atoms with Gasteiger partial charge in [-0.25, -0.2) is 0 Å². The number of carbonyl (C=O) groups excluding carboxylic acids is 2. The summed E-state index contributed by atoms with van der Waals surface area (Å²) in [4.78, 5) is 26.5. The number of aromatic nitrogens is 1. The van der Waals surface area contributed by atoms with E-state index in [0.717, 1.165) is 18.3 Å². The van der Waals surface area contributed by atoms with Gasteiger partial charge in [0.05, 0.1) is 5.41 Å². The molecule has 1 aromatic rings. The Morgan fingerprint density at radius 3 is 2.36 bits per heavy atom. The van der Waals surface area contributed by atoms with Crippen LogP contribution in [0.1, 0.15) is 17.7 Å². The van der Waals surface area contributed by atoms with Crippen molar-refractivity contribution in [2.24, 2.45) is 11.5 Å². The van der Waals surface area contributed by atoms with Crippen LogP contribution in [0.4, 0.5) is 13.2 Å². The van der Waals surface area contributed by atoms with E-state index < -0.39 is 29.1 Å². The Morgan fingerprint density at radius 1 is 1.23 bits per heavy atom. The van der Waals surface area contributed by atoms with E-state index in [1.165, 1.54) is 18.2 Å². The first-order chi connectivity index (χ1) is 10.2. The summed E-state index contributed by atoms with van der Waals surface area (Å²) >= 11 is 0. The van der Waals surface area contributed by atoms with E-state index in [4.69, 9.17) is 11.5 Å².